The minimum absolute atomic E-state index is 0.0783. The van der Waals surface area contributed by atoms with E-state index in [0.29, 0.717) is 12.8 Å². The fraction of sp³-hybridized carbons (Fsp3) is 0.735. The molecule has 1 rings (SSSR count). The van der Waals surface area contributed by atoms with Gasteiger partial charge in [-0.15, -0.1) is 0 Å². The summed E-state index contributed by atoms with van der Waals surface area (Å²) < 4.78 is 17.6. The number of unbranched alkanes of at least 4 members (excludes halogenated alkanes) is 26. The zero-order chi connectivity index (χ0) is 57.5. The first-order valence-electron chi connectivity index (χ1n) is 32.0. The molecule has 0 saturated carbocycles. The Morgan fingerprint density at radius 3 is 1.37 bits per heavy atom. The van der Waals surface area contributed by atoms with Crippen molar-refractivity contribution in [1.82, 2.24) is 5.32 Å². The Bertz CT molecular complexity index is 1650. The van der Waals surface area contributed by atoms with E-state index in [1.165, 1.54) is 116 Å². The van der Waals surface area contributed by atoms with Crippen molar-refractivity contribution in [2.45, 2.75) is 307 Å². The molecule has 0 aromatic heterocycles. The maximum absolute atomic E-state index is 13.4. The number of nitrogens with one attached hydrogen (secondary N) is 1. The predicted octanol–water partition coefficient (Wildman–Crippen LogP) is 15.5. The zero-order valence-corrected chi connectivity index (χ0v) is 50.2. The van der Waals surface area contributed by atoms with Crippen molar-refractivity contribution in [3.8, 4) is 0 Å². The maximum atomic E-state index is 13.4. The van der Waals surface area contributed by atoms with Gasteiger partial charge >= 0.3 is 5.97 Å². The van der Waals surface area contributed by atoms with Gasteiger partial charge in [-0.1, -0.05) is 259 Å². The number of esters is 1. The van der Waals surface area contributed by atoms with Gasteiger partial charge in [-0.05, 0) is 83.5 Å². The van der Waals surface area contributed by atoms with Crippen LogP contribution in [-0.2, 0) is 23.8 Å². The second-order valence-electron chi connectivity index (χ2n) is 21.8. The van der Waals surface area contributed by atoms with E-state index in [-0.39, 0.29) is 19.4 Å². The van der Waals surface area contributed by atoms with Crippen LogP contribution < -0.4 is 5.32 Å². The van der Waals surface area contributed by atoms with Crippen LogP contribution in [0.2, 0.25) is 0 Å². The first-order chi connectivity index (χ1) is 38.7. The summed E-state index contributed by atoms with van der Waals surface area (Å²) in [5, 5.41) is 56.9. The lowest BCUT2D eigenvalue weighted by atomic mass is 9.99. The van der Waals surface area contributed by atoms with Crippen LogP contribution in [0, 0.1) is 0 Å². The number of allylic oxidation sites excluding steroid dienone is 14. The van der Waals surface area contributed by atoms with Crippen LogP contribution in [-0.4, -0.2) is 99.6 Å². The van der Waals surface area contributed by atoms with Crippen molar-refractivity contribution < 1.29 is 49.3 Å². The van der Waals surface area contributed by atoms with Gasteiger partial charge in [0.15, 0.2) is 12.4 Å². The van der Waals surface area contributed by atoms with Crippen LogP contribution in [0.5, 0.6) is 0 Å². The van der Waals surface area contributed by atoms with Crippen molar-refractivity contribution in [2.75, 3.05) is 13.2 Å². The highest BCUT2D eigenvalue weighted by atomic mass is 16.7. The first-order valence-corrected chi connectivity index (χ1v) is 32.0. The minimum Gasteiger partial charge on any atom is -0.454 e. The largest absolute Gasteiger partial charge is 0.454 e. The SMILES string of the molecule is CC/C=C\C/C=C\C/C=C\C/C=C\C/C=C\CCCCCCCCCCCC(=O)OC1C(OCC(NC(=O)C(O)C/C=C/C/C=C\CCCCCCCC)C(O)/C=C/CCCCCCCCCCCCC)OC(CO)C(O)C1O. The van der Waals surface area contributed by atoms with Crippen molar-refractivity contribution in [1.29, 1.82) is 0 Å². The quantitative estimate of drug-likeness (QED) is 0.0195. The molecule has 1 aliphatic rings. The third-order valence-corrected chi connectivity index (χ3v) is 14.5. The fourth-order valence-electron chi connectivity index (χ4n) is 9.43. The van der Waals surface area contributed by atoms with Gasteiger partial charge in [-0.25, -0.2) is 0 Å². The molecule has 8 unspecified atom stereocenters. The maximum Gasteiger partial charge on any atom is 0.306 e. The Hall–Kier alpha value is -3.42. The predicted molar refractivity (Wildman–Crippen MR) is 329 cm³/mol. The molecule has 0 aromatic carbocycles. The summed E-state index contributed by atoms with van der Waals surface area (Å²) in [5.41, 5.74) is 0. The molecule has 0 bridgehead atoms. The Morgan fingerprint density at radius 1 is 0.506 bits per heavy atom. The van der Waals surface area contributed by atoms with Crippen molar-refractivity contribution in [2.24, 2.45) is 0 Å². The molecule has 8 atom stereocenters. The highest BCUT2D eigenvalue weighted by molar-refractivity contribution is 5.81. The zero-order valence-electron chi connectivity index (χ0n) is 50.2. The second kappa shape index (κ2) is 55.1. The number of rotatable bonds is 53. The number of aliphatic hydroxyl groups is 5. The summed E-state index contributed by atoms with van der Waals surface area (Å²) >= 11 is 0. The summed E-state index contributed by atoms with van der Waals surface area (Å²) in [7, 11) is 0. The number of hydrogen-bond donors (Lipinski definition) is 6. The summed E-state index contributed by atoms with van der Waals surface area (Å²) in [6, 6.07) is -1.06. The minimum atomic E-state index is -1.63. The Balaban J connectivity index is 2.64. The van der Waals surface area contributed by atoms with E-state index in [1.807, 2.05) is 12.2 Å². The summed E-state index contributed by atoms with van der Waals surface area (Å²) in [6.45, 7) is 5.62. The van der Waals surface area contributed by atoms with Gasteiger partial charge in [0.1, 0.15) is 24.4 Å². The van der Waals surface area contributed by atoms with Crippen molar-refractivity contribution >= 4 is 11.9 Å². The van der Waals surface area contributed by atoms with E-state index in [4.69, 9.17) is 14.2 Å². The van der Waals surface area contributed by atoms with E-state index in [2.05, 4.69) is 99.0 Å². The van der Waals surface area contributed by atoms with E-state index in [1.54, 1.807) is 12.2 Å². The first kappa shape index (κ1) is 73.6. The second-order valence-corrected chi connectivity index (χ2v) is 21.8. The van der Waals surface area contributed by atoms with E-state index in [9.17, 15) is 35.1 Å². The molecule has 1 amide bonds. The van der Waals surface area contributed by atoms with Crippen LogP contribution >= 0.6 is 0 Å². The Labute approximate surface area is 482 Å². The molecule has 454 valence electrons. The van der Waals surface area contributed by atoms with Crippen molar-refractivity contribution in [3.05, 3.63) is 97.2 Å². The van der Waals surface area contributed by atoms with Gasteiger partial charge in [0, 0.05) is 12.8 Å². The molecule has 0 aliphatic carbocycles. The molecule has 1 heterocycles. The average molecular weight is 1110 g/mol. The number of aliphatic hydroxyl groups excluding tert-OH is 5. The number of hydrogen-bond acceptors (Lipinski definition) is 10. The molecule has 11 nitrogen and oxygen atoms in total. The standard InChI is InChI=1S/C68H117NO10/c1-4-7-10-13-16-19-22-25-26-27-28-29-30-31-32-33-34-35-36-38-41-44-47-50-53-56-63(73)79-66-65(75)64(74)62(57-70)78-68(66)77-58-59(60(71)54-51-48-45-42-40-37-23-20-17-14-11-8-5-2)69-67(76)61(72)55-52-49-46-43-39-24-21-18-15-12-9-6-3/h7,10,16,19,25-26,28-29,31-32,39,43,49,51-52,54,59-62,64-66,68,70-72,74-75H,4-6,8-9,11-15,17-18,20-24,27,30,33-38,40-42,44-48,50,53,55-58H2,1-3H3,(H,69,76)/b10-7-,19-16-,26-25-,29-28-,32-31-,43-39-,52-49+,54-51+. The van der Waals surface area contributed by atoms with Crippen LogP contribution in [0.15, 0.2) is 97.2 Å². The van der Waals surface area contributed by atoms with Gasteiger partial charge in [0.2, 0.25) is 5.91 Å². The lowest BCUT2D eigenvalue weighted by Crippen LogP contribution is -2.61. The molecule has 1 fully saturated rings. The average Bonchev–Trinajstić information content (AvgIpc) is 3.48. The molecule has 6 N–H and O–H groups in total. The Kier molecular flexibility index (Phi) is 51.4. The highest BCUT2D eigenvalue weighted by Gasteiger charge is 2.47. The molecule has 1 saturated heterocycles. The van der Waals surface area contributed by atoms with Crippen LogP contribution in [0.25, 0.3) is 0 Å². The normalized spacial score (nSPS) is 19.5. The van der Waals surface area contributed by atoms with Gasteiger partial charge < -0.3 is 45.1 Å². The molecular weight excluding hydrogens is 991 g/mol. The van der Waals surface area contributed by atoms with Gasteiger partial charge in [0.25, 0.3) is 0 Å². The summed E-state index contributed by atoms with van der Waals surface area (Å²) in [4.78, 5) is 26.5. The van der Waals surface area contributed by atoms with Gasteiger partial charge in [0.05, 0.1) is 25.4 Å². The van der Waals surface area contributed by atoms with Crippen LogP contribution in [0.4, 0.5) is 0 Å². The van der Waals surface area contributed by atoms with Crippen LogP contribution in [0.3, 0.4) is 0 Å². The van der Waals surface area contributed by atoms with E-state index in [0.717, 1.165) is 96.3 Å². The third-order valence-electron chi connectivity index (χ3n) is 14.5. The molecule has 0 aromatic rings. The summed E-state index contributed by atoms with van der Waals surface area (Å²) in [5.74, 6) is -1.28. The monoisotopic (exact) mass is 1110 g/mol. The Morgan fingerprint density at radius 2 is 0.911 bits per heavy atom. The molecular formula is C68H117NO10. The molecule has 11 heteroatoms. The lowest BCUT2D eigenvalue weighted by Gasteiger charge is -2.41. The molecule has 0 radical (unpaired) electrons. The van der Waals surface area contributed by atoms with Crippen LogP contribution in [0.1, 0.15) is 258 Å². The summed E-state index contributed by atoms with van der Waals surface area (Å²) in [6.07, 6.45) is 63.2. The van der Waals surface area contributed by atoms with Gasteiger partial charge in [-0.3, -0.25) is 9.59 Å². The smallest absolute Gasteiger partial charge is 0.306 e. The lowest BCUT2D eigenvalue weighted by molar-refractivity contribution is -0.305. The number of amides is 1. The topological polar surface area (TPSA) is 175 Å². The van der Waals surface area contributed by atoms with E-state index < -0.39 is 67.4 Å². The fourth-order valence-corrected chi connectivity index (χ4v) is 9.43. The highest BCUT2D eigenvalue weighted by Crippen LogP contribution is 2.26. The molecule has 0 spiro atoms. The van der Waals surface area contributed by atoms with Gasteiger partial charge in [-0.2, -0.15) is 0 Å². The number of carbonyl (C=O) groups is 2. The molecule has 1 aliphatic heterocycles. The number of ether oxygens (including phenoxy) is 3. The van der Waals surface area contributed by atoms with E-state index >= 15 is 0 Å². The van der Waals surface area contributed by atoms with Crippen molar-refractivity contribution in [3.63, 3.8) is 0 Å². The number of carbonyl (C=O) groups excluding carboxylic acids is 2. The third kappa shape index (κ3) is 43.0. The molecule has 79 heavy (non-hydrogen) atoms.